The van der Waals surface area contributed by atoms with Crippen molar-refractivity contribution in [3.63, 3.8) is 0 Å². The van der Waals surface area contributed by atoms with Gasteiger partial charge in [0.1, 0.15) is 5.75 Å². The van der Waals surface area contributed by atoms with E-state index in [1.165, 1.54) is 0 Å². The lowest BCUT2D eigenvalue weighted by Gasteiger charge is -2.21. The summed E-state index contributed by atoms with van der Waals surface area (Å²) in [6.45, 7) is 10.5. The van der Waals surface area contributed by atoms with E-state index in [2.05, 4.69) is 33.9 Å². The zero-order valence-electron chi connectivity index (χ0n) is 11.0. The van der Waals surface area contributed by atoms with Crippen LogP contribution in [0, 0.1) is 0 Å². The first-order valence-corrected chi connectivity index (χ1v) is 8.88. The maximum Gasteiger partial charge on any atom is 0.256 e. The maximum atomic E-state index is 11.3. The van der Waals surface area contributed by atoms with Crippen molar-refractivity contribution < 1.29 is 9.22 Å². The summed E-state index contributed by atoms with van der Waals surface area (Å²) in [5, 5.41) is -0.463. The lowest BCUT2D eigenvalue weighted by Crippen LogP contribution is -2.16. The van der Waals surface area contributed by atoms with Crippen LogP contribution in [0.25, 0.3) is 0 Å². The molecule has 2 nitrogen and oxygen atoms in total. The van der Waals surface area contributed by atoms with Crippen LogP contribution in [0.4, 0.5) is 0 Å². The van der Waals surface area contributed by atoms with E-state index in [-0.39, 0.29) is 5.41 Å². The minimum Gasteiger partial charge on any atom is -0.546 e. The SMILES string of the molecule is C[SiH](C)Oc1cc(C(C)(C)C)ccc1C(=O)Cl. The quantitative estimate of drug-likeness (QED) is 0.618. The molecule has 0 aliphatic heterocycles. The molecule has 94 valence electrons. The molecule has 0 spiro atoms. The van der Waals surface area contributed by atoms with Gasteiger partial charge in [-0.3, -0.25) is 4.79 Å². The van der Waals surface area contributed by atoms with Gasteiger partial charge in [-0.05, 0) is 47.8 Å². The monoisotopic (exact) mass is 270 g/mol. The largest absolute Gasteiger partial charge is 0.546 e. The summed E-state index contributed by atoms with van der Waals surface area (Å²) in [5.41, 5.74) is 1.63. The van der Waals surface area contributed by atoms with Crippen LogP contribution in [0.2, 0.25) is 13.1 Å². The number of carbonyl (C=O) groups is 1. The van der Waals surface area contributed by atoms with E-state index in [0.29, 0.717) is 11.3 Å². The molecular weight excluding hydrogens is 252 g/mol. The van der Waals surface area contributed by atoms with Gasteiger partial charge in [0, 0.05) is 0 Å². The molecule has 1 rings (SSSR count). The Morgan fingerprint density at radius 3 is 2.29 bits per heavy atom. The van der Waals surface area contributed by atoms with Gasteiger partial charge in [0.15, 0.2) is 0 Å². The summed E-state index contributed by atoms with van der Waals surface area (Å²) < 4.78 is 5.78. The van der Waals surface area contributed by atoms with Gasteiger partial charge in [-0.25, -0.2) is 0 Å². The number of hydrogen-bond donors (Lipinski definition) is 0. The Balaban J connectivity index is 3.24. The van der Waals surface area contributed by atoms with Gasteiger partial charge < -0.3 is 4.43 Å². The molecule has 0 atom stereocenters. The van der Waals surface area contributed by atoms with Gasteiger partial charge in [-0.15, -0.1) is 0 Å². The minimum absolute atomic E-state index is 0.0323. The number of hydrogen-bond acceptors (Lipinski definition) is 2. The third-order valence-electron chi connectivity index (χ3n) is 2.42. The molecule has 0 aliphatic rings. The van der Waals surface area contributed by atoms with Gasteiger partial charge in [0.05, 0.1) is 5.56 Å². The van der Waals surface area contributed by atoms with E-state index in [9.17, 15) is 4.79 Å². The fourth-order valence-corrected chi connectivity index (χ4v) is 2.36. The van der Waals surface area contributed by atoms with Gasteiger partial charge in [0.2, 0.25) is 9.04 Å². The molecule has 0 bridgehead atoms. The van der Waals surface area contributed by atoms with Gasteiger partial charge in [-0.2, -0.15) is 0 Å². The molecule has 0 unspecified atom stereocenters. The Hall–Kier alpha value is -0.803. The third kappa shape index (κ3) is 3.86. The second kappa shape index (κ2) is 5.23. The zero-order valence-corrected chi connectivity index (χ0v) is 12.9. The lowest BCUT2D eigenvalue weighted by molar-refractivity contribution is 0.108. The zero-order chi connectivity index (χ0) is 13.2. The Labute approximate surface area is 110 Å². The van der Waals surface area contributed by atoms with Crippen LogP contribution in [0.1, 0.15) is 36.7 Å². The second-order valence-electron chi connectivity index (χ2n) is 5.40. The number of carbonyl (C=O) groups excluding carboxylic acids is 1. The molecule has 4 heteroatoms. The highest BCUT2D eigenvalue weighted by molar-refractivity contribution is 6.68. The molecule has 0 saturated carbocycles. The average molecular weight is 271 g/mol. The molecule has 1 aromatic rings. The van der Waals surface area contributed by atoms with Crippen molar-refractivity contribution in [1.82, 2.24) is 0 Å². The Morgan fingerprint density at radius 2 is 1.88 bits per heavy atom. The van der Waals surface area contributed by atoms with Crippen molar-refractivity contribution in [3.8, 4) is 5.75 Å². The number of rotatable bonds is 3. The molecule has 0 amide bonds. The fraction of sp³-hybridized carbons (Fsp3) is 0.462. The first-order chi connectivity index (χ1) is 7.71. The van der Waals surface area contributed by atoms with Crippen molar-refractivity contribution in [2.75, 3.05) is 0 Å². The van der Waals surface area contributed by atoms with E-state index in [1.807, 2.05) is 12.1 Å². The fourth-order valence-electron chi connectivity index (χ4n) is 1.50. The maximum absolute atomic E-state index is 11.3. The first-order valence-electron chi connectivity index (χ1n) is 5.73. The predicted molar refractivity (Wildman–Crippen MR) is 74.8 cm³/mol. The molecule has 0 aliphatic carbocycles. The van der Waals surface area contributed by atoms with E-state index < -0.39 is 14.3 Å². The summed E-state index contributed by atoms with van der Waals surface area (Å²) in [6, 6.07) is 5.62. The van der Waals surface area contributed by atoms with Gasteiger partial charge >= 0.3 is 0 Å². The van der Waals surface area contributed by atoms with Crippen LogP contribution in [-0.4, -0.2) is 14.3 Å². The molecule has 0 heterocycles. The van der Waals surface area contributed by atoms with Crippen LogP contribution in [0.3, 0.4) is 0 Å². The van der Waals surface area contributed by atoms with Crippen LogP contribution in [0.15, 0.2) is 18.2 Å². The van der Waals surface area contributed by atoms with Crippen molar-refractivity contribution >= 4 is 25.9 Å². The summed E-state index contributed by atoms with van der Waals surface area (Å²) in [4.78, 5) is 11.3. The summed E-state index contributed by atoms with van der Waals surface area (Å²) >= 11 is 5.55. The average Bonchev–Trinajstić information content (AvgIpc) is 2.14. The molecule has 0 radical (unpaired) electrons. The summed E-state index contributed by atoms with van der Waals surface area (Å²) in [6.07, 6.45) is 0. The highest BCUT2D eigenvalue weighted by Crippen LogP contribution is 2.29. The standard InChI is InChI=1S/C13H19ClO2Si/c1-13(2,3)9-6-7-10(12(14)15)11(8-9)16-17(4)5/h6-8,17H,1-5H3. The molecule has 0 aromatic heterocycles. The van der Waals surface area contributed by atoms with Crippen LogP contribution in [0.5, 0.6) is 5.75 Å². The highest BCUT2D eigenvalue weighted by Gasteiger charge is 2.18. The van der Waals surface area contributed by atoms with Gasteiger partial charge in [0.25, 0.3) is 5.24 Å². The second-order valence-corrected chi connectivity index (χ2v) is 8.08. The third-order valence-corrected chi connectivity index (χ3v) is 3.35. The van der Waals surface area contributed by atoms with Crippen molar-refractivity contribution in [3.05, 3.63) is 29.3 Å². The molecular formula is C13H19ClO2Si. The summed E-state index contributed by atoms with van der Waals surface area (Å²) in [5.74, 6) is 0.624. The molecule has 0 saturated heterocycles. The first kappa shape index (κ1) is 14.3. The summed E-state index contributed by atoms with van der Waals surface area (Å²) in [7, 11) is -1.25. The van der Waals surface area contributed by atoms with Crippen LogP contribution >= 0.6 is 11.6 Å². The van der Waals surface area contributed by atoms with Gasteiger partial charge in [-0.1, -0.05) is 26.8 Å². The molecule has 0 N–H and O–H groups in total. The smallest absolute Gasteiger partial charge is 0.256 e. The van der Waals surface area contributed by atoms with Crippen LogP contribution in [-0.2, 0) is 5.41 Å². The van der Waals surface area contributed by atoms with E-state index in [1.54, 1.807) is 6.07 Å². The van der Waals surface area contributed by atoms with Crippen molar-refractivity contribution in [2.45, 2.75) is 39.3 Å². The Morgan fingerprint density at radius 1 is 1.29 bits per heavy atom. The minimum atomic E-state index is -1.25. The van der Waals surface area contributed by atoms with E-state index >= 15 is 0 Å². The normalized spacial score (nSPS) is 11.7. The van der Waals surface area contributed by atoms with Crippen molar-refractivity contribution in [2.24, 2.45) is 0 Å². The molecule has 1 aromatic carbocycles. The number of halogens is 1. The predicted octanol–water partition coefficient (Wildman–Crippen LogP) is 3.73. The van der Waals surface area contributed by atoms with E-state index in [0.717, 1.165) is 5.56 Å². The Bertz CT molecular complexity index is 422. The van der Waals surface area contributed by atoms with E-state index in [4.69, 9.17) is 16.0 Å². The highest BCUT2D eigenvalue weighted by atomic mass is 35.5. The molecule has 17 heavy (non-hydrogen) atoms. The number of benzene rings is 1. The van der Waals surface area contributed by atoms with Crippen molar-refractivity contribution in [1.29, 1.82) is 0 Å². The molecule has 0 fully saturated rings. The van der Waals surface area contributed by atoms with Crippen LogP contribution < -0.4 is 4.43 Å². The Kier molecular flexibility index (Phi) is 4.39. The lowest BCUT2D eigenvalue weighted by atomic mass is 9.86. The topological polar surface area (TPSA) is 26.3 Å².